The molecule has 5 nitrogen and oxygen atoms in total. The van der Waals surface area contributed by atoms with Crippen LogP contribution in [-0.2, 0) is 9.59 Å². The van der Waals surface area contributed by atoms with E-state index < -0.39 is 5.41 Å². The first-order valence-electron chi connectivity index (χ1n) is 5.94. The lowest BCUT2D eigenvalue weighted by Gasteiger charge is -2.18. The second-order valence-corrected chi connectivity index (χ2v) is 5.03. The van der Waals surface area contributed by atoms with Crippen molar-refractivity contribution in [3.8, 4) is 5.75 Å². The Balaban J connectivity index is 2.29. The zero-order valence-electron chi connectivity index (χ0n) is 10.9. The number of carbonyl (C=O) groups is 2. The molecule has 19 heavy (non-hydrogen) atoms. The van der Waals surface area contributed by atoms with Crippen LogP contribution in [0.5, 0.6) is 5.75 Å². The van der Waals surface area contributed by atoms with E-state index in [9.17, 15) is 9.59 Å². The van der Waals surface area contributed by atoms with Gasteiger partial charge in [0.2, 0.25) is 11.8 Å². The summed E-state index contributed by atoms with van der Waals surface area (Å²) >= 11 is 0. The van der Waals surface area contributed by atoms with E-state index in [1.54, 1.807) is 18.2 Å². The Kier molecular flexibility index (Phi) is 3.29. The van der Waals surface area contributed by atoms with Gasteiger partial charge in [-0.3, -0.25) is 9.59 Å². The minimum Gasteiger partial charge on any atom is -0.490 e. The van der Waals surface area contributed by atoms with E-state index in [0.717, 1.165) is 0 Å². The SMILES string of the molecule is C=CC(=O)Nc1ccc2c(c1)NC(=O)C(C)(C)CO2. The summed E-state index contributed by atoms with van der Waals surface area (Å²) in [5, 5.41) is 5.44. The van der Waals surface area contributed by atoms with Gasteiger partial charge in [0, 0.05) is 5.69 Å². The molecule has 1 heterocycles. The Morgan fingerprint density at radius 1 is 1.53 bits per heavy atom. The molecule has 0 atom stereocenters. The smallest absolute Gasteiger partial charge is 0.247 e. The maximum atomic E-state index is 12.0. The molecule has 0 aromatic heterocycles. The van der Waals surface area contributed by atoms with Crippen molar-refractivity contribution in [1.29, 1.82) is 0 Å². The standard InChI is InChI=1S/C14H16N2O3/c1-4-12(17)15-9-5-6-11-10(7-9)16-13(18)14(2,3)8-19-11/h4-7H,1,8H2,2-3H3,(H,15,17)(H,16,18). The van der Waals surface area contributed by atoms with Gasteiger partial charge in [-0.15, -0.1) is 0 Å². The van der Waals surface area contributed by atoms with Crippen LogP contribution in [0.2, 0.25) is 0 Å². The van der Waals surface area contributed by atoms with Crippen LogP contribution in [0, 0.1) is 5.41 Å². The highest BCUT2D eigenvalue weighted by Crippen LogP contribution is 2.34. The van der Waals surface area contributed by atoms with Crippen LogP contribution in [0.3, 0.4) is 0 Å². The molecule has 1 aliphatic rings. The second kappa shape index (κ2) is 4.76. The fraction of sp³-hybridized carbons (Fsp3) is 0.286. The summed E-state index contributed by atoms with van der Waals surface area (Å²) in [5.74, 6) is 0.176. The van der Waals surface area contributed by atoms with E-state index in [4.69, 9.17) is 4.74 Å². The Labute approximate surface area is 111 Å². The van der Waals surface area contributed by atoms with Crippen LogP contribution in [0.15, 0.2) is 30.9 Å². The fourth-order valence-electron chi connectivity index (χ4n) is 1.64. The number of fused-ring (bicyclic) bond motifs is 1. The maximum Gasteiger partial charge on any atom is 0.247 e. The summed E-state index contributed by atoms with van der Waals surface area (Å²) in [6.07, 6.45) is 1.18. The first kappa shape index (κ1) is 13.1. The first-order valence-corrected chi connectivity index (χ1v) is 5.94. The third-order valence-electron chi connectivity index (χ3n) is 2.88. The normalized spacial score (nSPS) is 16.4. The molecule has 0 fully saturated rings. The Hall–Kier alpha value is -2.30. The lowest BCUT2D eigenvalue weighted by Crippen LogP contribution is -2.33. The van der Waals surface area contributed by atoms with Crippen LogP contribution in [0.4, 0.5) is 11.4 Å². The number of amides is 2. The molecule has 0 unspecified atom stereocenters. The highest BCUT2D eigenvalue weighted by molar-refractivity contribution is 6.01. The van der Waals surface area contributed by atoms with E-state index in [1.807, 2.05) is 13.8 Å². The molecular weight excluding hydrogens is 244 g/mol. The second-order valence-electron chi connectivity index (χ2n) is 5.03. The minimum absolute atomic E-state index is 0.113. The van der Waals surface area contributed by atoms with Crippen LogP contribution in [0.25, 0.3) is 0 Å². The van der Waals surface area contributed by atoms with Gasteiger partial charge in [0.1, 0.15) is 12.4 Å². The monoisotopic (exact) mass is 260 g/mol. The fourth-order valence-corrected chi connectivity index (χ4v) is 1.64. The summed E-state index contributed by atoms with van der Waals surface area (Å²) in [5.41, 5.74) is 0.536. The highest BCUT2D eigenvalue weighted by atomic mass is 16.5. The maximum absolute atomic E-state index is 12.0. The van der Waals surface area contributed by atoms with Gasteiger partial charge < -0.3 is 15.4 Å². The zero-order valence-corrected chi connectivity index (χ0v) is 10.9. The topological polar surface area (TPSA) is 67.4 Å². The molecule has 0 saturated carbocycles. The average Bonchev–Trinajstić information content (AvgIpc) is 2.47. The van der Waals surface area contributed by atoms with Gasteiger partial charge >= 0.3 is 0 Å². The van der Waals surface area contributed by atoms with Crippen molar-refractivity contribution in [1.82, 2.24) is 0 Å². The van der Waals surface area contributed by atoms with Gasteiger partial charge in [0.15, 0.2) is 0 Å². The molecule has 0 saturated heterocycles. The Bertz CT molecular complexity index is 550. The molecule has 5 heteroatoms. The summed E-state index contributed by atoms with van der Waals surface area (Å²) in [4.78, 5) is 23.2. The van der Waals surface area contributed by atoms with E-state index in [-0.39, 0.29) is 11.8 Å². The van der Waals surface area contributed by atoms with E-state index in [0.29, 0.717) is 23.7 Å². The van der Waals surface area contributed by atoms with Gasteiger partial charge in [-0.05, 0) is 38.1 Å². The van der Waals surface area contributed by atoms with Crippen molar-refractivity contribution >= 4 is 23.2 Å². The van der Waals surface area contributed by atoms with E-state index in [2.05, 4.69) is 17.2 Å². The average molecular weight is 260 g/mol. The number of benzene rings is 1. The molecule has 2 amide bonds. The first-order chi connectivity index (χ1) is 8.92. The number of nitrogens with one attached hydrogen (secondary N) is 2. The van der Waals surface area contributed by atoms with Crippen molar-refractivity contribution in [2.75, 3.05) is 17.2 Å². The third-order valence-corrected chi connectivity index (χ3v) is 2.88. The molecule has 1 aliphatic heterocycles. The lowest BCUT2D eigenvalue weighted by molar-refractivity contribution is -0.125. The van der Waals surface area contributed by atoms with Gasteiger partial charge in [-0.2, -0.15) is 0 Å². The molecule has 100 valence electrons. The summed E-state index contributed by atoms with van der Waals surface area (Å²) < 4.78 is 5.60. The summed E-state index contributed by atoms with van der Waals surface area (Å²) in [7, 11) is 0. The quantitative estimate of drug-likeness (QED) is 0.801. The molecule has 1 aromatic carbocycles. The van der Waals surface area contributed by atoms with Crippen molar-refractivity contribution < 1.29 is 14.3 Å². The molecule has 0 radical (unpaired) electrons. The number of hydrogen-bond donors (Lipinski definition) is 2. The van der Waals surface area contributed by atoms with Crippen LogP contribution < -0.4 is 15.4 Å². The largest absolute Gasteiger partial charge is 0.490 e. The minimum atomic E-state index is -0.594. The van der Waals surface area contributed by atoms with Crippen molar-refractivity contribution in [3.63, 3.8) is 0 Å². The van der Waals surface area contributed by atoms with Crippen LogP contribution in [0.1, 0.15) is 13.8 Å². The van der Waals surface area contributed by atoms with Gasteiger partial charge in [0.05, 0.1) is 11.1 Å². The van der Waals surface area contributed by atoms with Crippen LogP contribution >= 0.6 is 0 Å². The molecule has 0 bridgehead atoms. The number of ether oxygens (including phenoxy) is 1. The van der Waals surface area contributed by atoms with E-state index in [1.165, 1.54) is 6.08 Å². The molecule has 2 N–H and O–H groups in total. The number of anilines is 2. The molecule has 1 aromatic rings. The Morgan fingerprint density at radius 3 is 2.95 bits per heavy atom. The zero-order chi connectivity index (χ0) is 14.0. The summed E-state index contributed by atoms with van der Waals surface area (Å²) in [6.45, 7) is 7.32. The number of rotatable bonds is 2. The van der Waals surface area contributed by atoms with E-state index >= 15 is 0 Å². The molecule has 0 spiro atoms. The third kappa shape index (κ3) is 2.76. The molecule has 2 rings (SSSR count). The lowest BCUT2D eigenvalue weighted by atomic mass is 9.94. The van der Waals surface area contributed by atoms with Gasteiger partial charge in [0.25, 0.3) is 0 Å². The van der Waals surface area contributed by atoms with Crippen molar-refractivity contribution in [2.45, 2.75) is 13.8 Å². The number of hydrogen-bond acceptors (Lipinski definition) is 3. The van der Waals surface area contributed by atoms with Gasteiger partial charge in [-0.1, -0.05) is 6.58 Å². The predicted molar refractivity (Wildman–Crippen MR) is 73.2 cm³/mol. The van der Waals surface area contributed by atoms with Crippen LogP contribution in [-0.4, -0.2) is 18.4 Å². The summed E-state index contributed by atoms with van der Waals surface area (Å²) in [6, 6.07) is 5.09. The number of carbonyl (C=O) groups excluding carboxylic acids is 2. The van der Waals surface area contributed by atoms with Gasteiger partial charge in [-0.25, -0.2) is 0 Å². The predicted octanol–water partition coefficient (Wildman–Crippen LogP) is 2.17. The van der Waals surface area contributed by atoms with Crippen molar-refractivity contribution in [2.24, 2.45) is 5.41 Å². The molecule has 0 aliphatic carbocycles. The highest BCUT2D eigenvalue weighted by Gasteiger charge is 2.32. The molecular formula is C14H16N2O3. The van der Waals surface area contributed by atoms with Crippen molar-refractivity contribution in [3.05, 3.63) is 30.9 Å². The Morgan fingerprint density at radius 2 is 2.26 bits per heavy atom.